The summed E-state index contributed by atoms with van der Waals surface area (Å²) in [5, 5.41) is 0. The molecule has 2 rings (SSSR count). The molecule has 0 amide bonds. The van der Waals surface area contributed by atoms with E-state index in [0.29, 0.717) is 29.4 Å². The Bertz CT molecular complexity index is 322. The van der Waals surface area contributed by atoms with Gasteiger partial charge in [-0.1, -0.05) is 0 Å². The molecule has 5 heteroatoms. The normalized spacial score (nSPS) is 35.3. The van der Waals surface area contributed by atoms with Crippen LogP contribution in [0.5, 0.6) is 0 Å². The molecule has 0 aromatic heterocycles. The minimum Gasteiger partial charge on any atom is -0.378 e. The maximum Gasteiger partial charge on any atom is 0.150 e. The van der Waals surface area contributed by atoms with E-state index in [1.165, 1.54) is 0 Å². The van der Waals surface area contributed by atoms with E-state index in [9.17, 15) is 8.42 Å². The van der Waals surface area contributed by atoms with E-state index in [-0.39, 0.29) is 5.92 Å². The number of ether oxygens (including phenoxy) is 1. The lowest BCUT2D eigenvalue weighted by molar-refractivity contribution is 0.0849. The fourth-order valence-corrected chi connectivity index (χ4v) is 5.04. The summed E-state index contributed by atoms with van der Waals surface area (Å²) < 4.78 is 28.4. The Hall–Kier alpha value is 0.200. The van der Waals surface area contributed by atoms with Crippen LogP contribution in [0.15, 0.2) is 0 Å². The van der Waals surface area contributed by atoms with Crippen LogP contribution in [-0.4, -0.2) is 38.5 Å². The Balaban J connectivity index is 1.89. The van der Waals surface area contributed by atoms with Crippen molar-refractivity contribution >= 4 is 21.4 Å². The summed E-state index contributed by atoms with van der Waals surface area (Å²) in [7, 11) is -2.78. The summed E-state index contributed by atoms with van der Waals surface area (Å²) in [5.41, 5.74) is 0. The highest BCUT2D eigenvalue weighted by molar-refractivity contribution is 7.91. The molecule has 2 heterocycles. The van der Waals surface area contributed by atoms with Gasteiger partial charge in [0, 0.05) is 12.5 Å². The Morgan fingerprint density at radius 1 is 1.38 bits per heavy atom. The van der Waals surface area contributed by atoms with Gasteiger partial charge in [0.25, 0.3) is 0 Å². The summed E-state index contributed by atoms with van der Waals surface area (Å²) in [6, 6.07) is 0. The van der Waals surface area contributed by atoms with Gasteiger partial charge >= 0.3 is 0 Å². The largest absolute Gasteiger partial charge is 0.378 e. The first-order valence-electron chi connectivity index (χ1n) is 5.99. The van der Waals surface area contributed by atoms with Crippen molar-refractivity contribution in [2.45, 2.75) is 31.8 Å². The zero-order chi connectivity index (χ0) is 11.6. The lowest BCUT2D eigenvalue weighted by Gasteiger charge is -2.22. The van der Waals surface area contributed by atoms with Gasteiger partial charge in [-0.25, -0.2) is 8.42 Å². The van der Waals surface area contributed by atoms with Gasteiger partial charge in [-0.15, -0.1) is 11.6 Å². The van der Waals surface area contributed by atoms with Gasteiger partial charge < -0.3 is 4.74 Å². The van der Waals surface area contributed by atoms with Gasteiger partial charge in [0.1, 0.15) is 0 Å². The molecule has 16 heavy (non-hydrogen) atoms. The van der Waals surface area contributed by atoms with Gasteiger partial charge in [0.05, 0.1) is 17.6 Å². The van der Waals surface area contributed by atoms with Crippen molar-refractivity contribution in [3.05, 3.63) is 0 Å². The first-order chi connectivity index (χ1) is 7.61. The minimum absolute atomic E-state index is 0.256. The Kier molecular flexibility index (Phi) is 4.14. The molecule has 2 fully saturated rings. The van der Waals surface area contributed by atoms with Gasteiger partial charge in [-0.05, 0) is 37.5 Å². The van der Waals surface area contributed by atoms with Crippen LogP contribution in [0, 0.1) is 11.8 Å². The first kappa shape index (κ1) is 12.7. The number of sulfone groups is 1. The van der Waals surface area contributed by atoms with Crippen LogP contribution in [0.3, 0.4) is 0 Å². The predicted octanol–water partition coefficient (Wildman–Crippen LogP) is 1.85. The molecule has 94 valence electrons. The van der Waals surface area contributed by atoms with Crippen molar-refractivity contribution in [2.75, 3.05) is 24.0 Å². The number of alkyl halides is 1. The third-order valence-corrected chi connectivity index (χ3v) is 5.91. The maximum absolute atomic E-state index is 11.4. The fraction of sp³-hybridized carbons (Fsp3) is 1.00. The monoisotopic (exact) mass is 266 g/mol. The van der Waals surface area contributed by atoms with Crippen LogP contribution in [0.2, 0.25) is 0 Å². The van der Waals surface area contributed by atoms with Crippen LogP contribution >= 0.6 is 11.6 Å². The molecule has 0 aromatic carbocycles. The highest BCUT2D eigenvalue weighted by Gasteiger charge is 2.34. The molecule has 2 aliphatic heterocycles. The topological polar surface area (TPSA) is 43.4 Å². The number of halogens is 1. The summed E-state index contributed by atoms with van der Waals surface area (Å²) in [5.74, 6) is 1.79. The third-order valence-electron chi connectivity index (χ3n) is 3.72. The molecule has 3 unspecified atom stereocenters. The second-order valence-electron chi connectivity index (χ2n) is 4.95. The molecule has 0 spiro atoms. The smallest absolute Gasteiger partial charge is 0.150 e. The van der Waals surface area contributed by atoms with Gasteiger partial charge in [-0.2, -0.15) is 0 Å². The summed E-state index contributed by atoms with van der Waals surface area (Å²) >= 11 is 5.97. The molecule has 0 bridgehead atoms. The molecule has 0 aliphatic carbocycles. The van der Waals surface area contributed by atoms with Gasteiger partial charge in [0.15, 0.2) is 9.84 Å². The van der Waals surface area contributed by atoms with E-state index < -0.39 is 9.84 Å². The van der Waals surface area contributed by atoms with Crippen molar-refractivity contribution in [1.29, 1.82) is 0 Å². The average Bonchev–Trinajstić information content (AvgIpc) is 2.83. The molecule has 3 nitrogen and oxygen atoms in total. The van der Waals surface area contributed by atoms with Gasteiger partial charge in [-0.3, -0.25) is 0 Å². The SMILES string of the molecule is O=S1(=O)CCC(C(CCl)CC2CCCO2)C1. The highest BCUT2D eigenvalue weighted by Crippen LogP contribution is 2.32. The number of hydrogen-bond acceptors (Lipinski definition) is 3. The van der Waals surface area contributed by atoms with E-state index in [1.807, 2.05) is 0 Å². The van der Waals surface area contributed by atoms with Crippen LogP contribution in [0.4, 0.5) is 0 Å². The van der Waals surface area contributed by atoms with Crippen molar-refractivity contribution < 1.29 is 13.2 Å². The predicted molar refractivity (Wildman–Crippen MR) is 64.6 cm³/mol. The standard InChI is InChI=1S/C11H19ClO3S/c12-7-10(6-11-2-1-4-15-11)9-3-5-16(13,14)8-9/h9-11H,1-8H2. The molecule has 0 radical (unpaired) electrons. The third kappa shape index (κ3) is 3.11. The zero-order valence-corrected chi connectivity index (χ0v) is 11.0. The minimum atomic E-state index is -2.78. The van der Waals surface area contributed by atoms with Crippen LogP contribution in [-0.2, 0) is 14.6 Å². The van der Waals surface area contributed by atoms with E-state index in [0.717, 1.165) is 32.3 Å². The molecular weight excluding hydrogens is 248 g/mol. The highest BCUT2D eigenvalue weighted by atomic mass is 35.5. The van der Waals surface area contributed by atoms with E-state index in [4.69, 9.17) is 16.3 Å². The second kappa shape index (κ2) is 5.23. The summed E-state index contributed by atoms with van der Waals surface area (Å²) in [4.78, 5) is 0. The summed E-state index contributed by atoms with van der Waals surface area (Å²) in [6.45, 7) is 0.850. The average molecular weight is 267 g/mol. The van der Waals surface area contributed by atoms with Crippen molar-refractivity contribution in [2.24, 2.45) is 11.8 Å². The van der Waals surface area contributed by atoms with Crippen molar-refractivity contribution in [1.82, 2.24) is 0 Å². The van der Waals surface area contributed by atoms with Crippen molar-refractivity contribution in [3.63, 3.8) is 0 Å². The van der Waals surface area contributed by atoms with Crippen molar-refractivity contribution in [3.8, 4) is 0 Å². The quantitative estimate of drug-likeness (QED) is 0.730. The molecule has 0 aromatic rings. The van der Waals surface area contributed by atoms with E-state index >= 15 is 0 Å². The van der Waals surface area contributed by atoms with E-state index in [2.05, 4.69) is 0 Å². The molecule has 3 atom stereocenters. The summed E-state index contributed by atoms with van der Waals surface area (Å²) in [6.07, 6.45) is 4.26. The van der Waals surface area contributed by atoms with Crippen LogP contribution in [0.25, 0.3) is 0 Å². The second-order valence-corrected chi connectivity index (χ2v) is 7.49. The fourth-order valence-electron chi connectivity index (χ4n) is 2.74. The first-order valence-corrected chi connectivity index (χ1v) is 8.34. The van der Waals surface area contributed by atoms with Crippen LogP contribution in [0.1, 0.15) is 25.7 Å². The molecular formula is C11H19ClO3S. The van der Waals surface area contributed by atoms with Gasteiger partial charge in [0.2, 0.25) is 0 Å². The van der Waals surface area contributed by atoms with E-state index in [1.54, 1.807) is 0 Å². The number of rotatable bonds is 4. The Morgan fingerprint density at radius 2 is 2.19 bits per heavy atom. The molecule has 2 saturated heterocycles. The Morgan fingerprint density at radius 3 is 2.69 bits per heavy atom. The zero-order valence-electron chi connectivity index (χ0n) is 9.40. The maximum atomic E-state index is 11.4. The van der Waals surface area contributed by atoms with Crippen LogP contribution < -0.4 is 0 Å². The number of hydrogen-bond donors (Lipinski definition) is 0. The Labute approximate surface area is 102 Å². The molecule has 0 N–H and O–H groups in total. The lowest BCUT2D eigenvalue weighted by atomic mass is 9.88. The molecule has 0 saturated carbocycles. The lowest BCUT2D eigenvalue weighted by Crippen LogP contribution is -2.23. The molecule has 2 aliphatic rings.